The van der Waals surface area contributed by atoms with Crippen LogP contribution in [0, 0.1) is 11.8 Å². The Bertz CT molecular complexity index is 1340. The largest absolute Gasteiger partial charge is 0.454 e. The molecule has 0 unspecified atom stereocenters. The minimum absolute atomic E-state index is 0.247. The normalized spacial score (nSPS) is 23.7. The first-order valence-electron chi connectivity index (χ1n) is 12.1. The highest BCUT2D eigenvalue weighted by molar-refractivity contribution is 9.10. The average Bonchev–Trinajstić information content (AvgIpc) is 3.18. The predicted molar refractivity (Wildman–Crippen MR) is 139 cm³/mol. The summed E-state index contributed by atoms with van der Waals surface area (Å²) in [5.74, 6) is -3.67. The Labute approximate surface area is 221 Å². The molecule has 8 heteroatoms. The lowest BCUT2D eigenvalue weighted by Crippen LogP contribution is -2.45. The number of likely N-dealkylation sites (tertiary alicyclic amines) is 1. The van der Waals surface area contributed by atoms with Crippen LogP contribution in [0.1, 0.15) is 41.0 Å². The highest BCUT2D eigenvalue weighted by Gasteiger charge is 2.62. The van der Waals surface area contributed by atoms with Gasteiger partial charge in [0, 0.05) is 22.0 Å². The van der Waals surface area contributed by atoms with E-state index >= 15 is 0 Å². The van der Waals surface area contributed by atoms with Gasteiger partial charge < -0.3 is 10.1 Å². The number of halogens is 1. The topological polar surface area (TPSA) is 92.8 Å². The standard InChI is InChI=1S/C29H23BrN2O5/c1-15(29(36)37-14-22(33)31-17-12-10-16(30)11-13-17)32-27(34)25-23-18-6-2-3-7-19(18)24(26(25)28(32)35)21-9-5-4-8-20(21)23/h2-13,15,23-26H,14H2,1H3,(H,31,33)/t15-,23?,24?,25+,26+/m1/s1. The van der Waals surface area contributed by atoms with Crippen molar-refractivity contribution in [2.45, 2.75) is 24.8 Å². The van der Waals surface area contributed by atoms with Crippen molar-refractivity contribution < 1.29 is 23.9 Å². The molecule has 2 bridgehead atoms. The van der Waals surface area contributed by atoms with Crippen LogP contribution in [0.4, 0.5) is 5.69 Å². The summed E-state index contributed by atoms with van der Waals surface area (Å²) in [6.45, 7) is 0.953. The summed E-state index contributed by atoms with van der Waals surface area (Å²) in [5, 5.41) is 2.65. The van der Waals surface area contributed by atoms with Crippen LogP contribution in [0.2, 0.25) is 0 Å². The van der Waals surface area contributed by atoms with Gasteiger partial charge in [0.1, 0.15) is 6.04 Å². The molecule has 7 rings (SSSR count). The molecule has 1 N–H and O–H groups in total. The Balaban J connectivity index is 1.21. The van der Waals surface area contributed by atoms with E-state index in [1.54, 1.807) is 24.3 Å². The van der Waals surface area contributed by atoms with Gasteiger partial charge in [-0.25, -0.2) is 4.79 Å². The second-order valence-corrected chi connectivity index (χ2v) is 10.6. The molecule has 1 saturated heterocycles. The third-order valence-corrected chi connectivity index (χ3v) is 8.21. The number of rotatable bonds is 5. The van der Waals surface area contributed by atoms with Gasteiger partial charge in [0.05, 0.1) is 11.8 Å². The molecule has 0 spiro atoms. The van der Waals surface area contributed by atoms with E-state index < -0.39 is 36.4 Å². The highest BCUT2D eigenvalue weighted by atomic mass is 79.9. The van der Waals surface area contributed by atoms with Crippen LogP contribution in [0.15, 0.2) is 77.3 Å². The van der Waals surface area contributed by atoms with Crippen molar-refractivity contribution in [2.75, 3.05) is 11.9 Å². The molecule has 3 atom stereocenters. The van der Waals surface area contributed by atoms with E-state index in [1.165, 1.54) is 6.92 Å². The zero-order valence-electron chi connectivity index (χ0n) is 19.9. The van der Waals surface area contributed by atoms with Crippen LogP contribution in [0.3, 0.4) is 0 Å². The zero-order chi connectivity index (χ0) is 25.8. The van der Waals surface area contributed by atoms with E-state index in [0.717, 1.165) is 31.6 Å². The Kier molecular flexibility index (Phi) is 5.71. The number of benzene rings is 3. The quantitative estimate of drug-likeness (QED) is 0.374. The second-order valence-electron chi connectivity index (χ2n) is 9.65. The molecule has 1 aliphatic heterocycles. The van der Waals surface area contributed by atoms with Crippen LogP contribution >= 0.6 is 15.9 Å². The number of carbonyl (C=O) groups excluding carboxylic acids is 4. The van der Waals surface area contributed by atoms with E-state index in [9.17, 15) is 19.2 Å². The Morgan fingerprint density at radius 1 is 0.838 bits per heavy atom. The van der Waals surface area contributed by atoms with Gasteiger partial charge in [0.2, 0.25) is 11.8 Å². The summed E-state index contributed by atoms with van der Waals surface area (Å²) in [5.41, 5.74) is 4.82. The lowest BCUT2D eigenvalue weighted by atomic mass is 9.55. The Hall–Kier alpha value is -3.78. The number of amides is 3. The van der Waals surface area contributed by atoms with Crippen LogP contribution in [-0.4, -0.2) is 41.2 Å². The smallest absolute Gasteiger partial charge is 0.329 e. The summed E-state index contributed by atoms with van der Waals surface area (Å²) < 4.78 is 6.08. The highest BCUT2D eigenvalue weighted by Crippen LogP contribution is 2.61. The number of ether oxygens (including phenoxy) is 1. The number of carbonyl (C=O) groups is 4. The van der Waals surface area contributed by atoms with Gasteiger partial charge in [-0.2, -0.15) is 0 Å². The second kappa shape index (κ2) is 8.95. The van der Waals surface area contributed by atoms with Crippen LogP contribution < -0.4 is 5.32 Å². The molecular weight excluding hydrogens is 536 g/mol. The molecule has 186 valence electrons. The van der Waals surface area contributed by atoms with Gasteiger partial charge in [-0.1, -0.05) is 64.5 Å². The maximum absolute atomic E-state index is 13.7. The maximum Gasteiger partial charge on any atom is 0.329 e. The van der Waals surface area contributed by atoms with E-state index in [4.69, 9.17) is 4.74 Å². The molecule has 4 aliphatic rings. The third-order valence-electron chi connectivity index (χ3n) is 7.68. The van der Waals surface area contributed by atoms with Crippen molar-refractivity contribution >= 4 is 45.3 Å². The number of anilines is 1. The van der Waals surface area contributed by atoms with Crippen molar-refractivity contribution in [1.29, 1.82) is 0 Å². The molecule has 1 heterocycles. The Morgan fingerprint density at radius 2 is 1.30 bits per heavy atom. The first-order chi connectivity index (χ1) is 17.9. The van der Waals surface area contributed by atoms with E-state index in [-0.39, 0.29) is 23.7 Å². The minimum Gasteiger partial charge on any atom is -0.454 e. The molecule has 3 amide bonds. The SMILES string of the molecule is C[C@H](C(=O)OCC(=O)Nc1ccc(Br)cc1)N1C(=O)[C@H]2C3c4ccccc4C(c4ccccc43)[C@@H]2C1=O. The minimum atomic E-state index is -1.14. The van der Waals surface area contributed by atoms with Crippen LogP contribution in [0.5, 0.6) is 0 Å². The number of hydrogen-bond acceptors (Lipinski definition) is 5. The van der Waals surface area contributed by atoms with Gasteiger partial charge in [-0.05, 0) is 53.4 Å². The molecule has 0 saturated carbocycles. The summed E-state index contributed by atoms with van der Waals surface area (Å²) in [6.07, 6.45) is 0. The molecular formula is C29H23BrN2O5. The first kappa shape index (κ1) is 23.6. The van der Waals surface area contributed by atoms with E-state index in [0.29, 0.717) is 5.69 Å². The number of nitrogens with one attached hydrogen (secondary N) is 1. The fourth-order valence-electron chi connectivity index (χ4n) is 6.18. The monoisotopic (exact) mass is 558 g/mol. The zero-order valence-corrected chi connectivity index (χ0v) is 21.5. The van der Waals surface area contributed by atoms with Gasteiger partial charge in [0.25, 0.3) is 5.91 Å². The molecule has 0 radical (unpaired) electrons. The molecule has 3 aromatic carbocycles. The molecule has 3 aromatic rings. The van der Waals surface area contributed by atoms with Crippen molar-refractivity contribution in [3.8, 4) is 0 Å². The van der Waals surface area contributed by atoms with Crippen molar-refractivity contribution in [2.24, 2.45) is 11.8 Å². The van der Waals surface area contributed by atoms with E-state index in [1.807, 2.05) is 48.5 Å². The maximum atomic E-state index is 13.7. The van der Waals surface area contributed by atoms with Crippen molar-refractivity contribution in [3.05, 3.63) is 99.5 Å². The van der Waals surface area contributed by atoms with Gasteiger partial charge in [-0.3, -0.25) is 19.3 Å². The third kappa shape index (κ3) is 3.70. The number of nitrogens with zero attached hydrogens (tertiary/aromatic N) is 1. The van der Waals surface area contributed by atoms with Gasteiger partial charge in [0.15, 0.2) is 6.61 Å². The number of esters is 1. The predicted octanol–water partition coefficient (Wildman–Crippen LogP) is 4.21. The molecule has 7 nitrogen and oxygen atoms in total. The van der Waals surface area contributed by atoms with Crippen LogP contribution in [0.25, 0.3) is 0 Å². The lowest BCUT2D eigenvalue weighted by Gasteiger charge is -2.45. The van der Waals surface area contributed by atoms with Crippen LogP contribution in [-0.2, 0) is 23.9 Å². The Morgan fingerprint density at radius 3 is 1.76 bits per heavy atom. The number of hydrogen-bond donors (Lipinski definition) is 1. The fraction of sp³-hybridized carbons (Fsp3) is 0.241. The summed E-state index contributed by atoms with van der Waals surface area (Å²) in [4.78, 5) is 53.7. The average molecular weight is 559 g/mol. The lowest BCUT2D eigenvalue weighted by molar-refractivity contribution is -0.159. The molecule has 0 aromatic heterocycles. The fourth-order valence-corrected chi connectivity index (χ4v) is 6.44. The first-order valence-corrected chi connectivity index (χ1v) is 12.9. The summed E-state index contributed by atoms with van der Waals surface area (Å²) in [7, 11) is 0. The summed E-state index contributed by atoms with van der Waals surface area (Å²) in [6, 6.07) is 21.8. The summed E-state index contributed by atoms with van der Waals surface area (Å²) >= 11 is 3.33. The molecule has 1 fully saturated rings. The molecule has 3 aliphatic carbocycles. The number of imide groups is 1. The van der Waals surface area contributed by atoms with Gasteiger partial charge >= 0.3 is 5.97 Å². The van der Waals surface area contributed by atoms with Crippen molar-refractivity contribution in [1.82, 2.24) is 4.90 Å². The van der Waals surface area contributed by atoms with E-state index in [2.05, 4.69) is 21.2 Å². The van der Waals surface area contributed by atoms with Gasteiger partial charge in [-0.15, -0.1) is 0 Å². The molecule has 37 heavy (non-hydrogen) atoms. The van der Waals surface area contributed by atoms with Crippen molar-refractivity contribution in [3.63, 3.8) is 0 Å².